The number of sulfonamides is 1. The highest BCUT2D eigenvalue weighted by molar-refractivity contribution is 7.90. The van der Waals surface area contributed by atoms with Crippen molar-refractivity contribution in [2.24, 2.45) is 17.8 Å². The Bertz CT molecular complexity index is 1800. The van der Waals surface area contributed by atoms with Gasteiger partial charge in [0, 0.05) is 36.7 Å². The number of aldehydes is 1. The number of hydrogen-bond acceptors (Lipinski definition) is 7. The second-order valence-electron chi connectivity index (χ2n) is 13.7. The zero-order valence-corrected chi connectivity index (χ0v) is 29.7. The number of halogens is 1. The number of fused-ring (bicyclic) bond motifs is 3. The number of ether oxygens (including phenoxy) is 2. The quantitative estimate of drug-likeness (QED) is 0.232. The molecule has 2 heterocycles. The molecule has 49 heavy (non-hydrogen) atoms. The maximum atomic E-state index is 14.0. The Balaban J connectivity index is 1.42. The van der Waals surface area contributed by atoms with E-state index in [-0.39, 0.29) is 29.7 Å². The fourth-order valence-electron chi connectivity index (χ4n) is 7.61. The van der Waals surface area contributed by atoms with Gasteiger partial charge in [-0.2, -0.15) is 0 Å². The molecule has 0 saturated heterocycles. The summed E-state index contributed by atoms with van der Waals surface area (Å²) in [6.07, 6.45) is 9.63. The molecule has 0 aromatic heterocycles. The predicted octanol–water partition coefficient (Wildman–Crippen LogP) is 6.94. The van der Waals surface area contributed by atoms with Gasteiger partial charge < -0.3 is 14.4 Å². The Hall–Kier alpha value is -3.66. The molecule has 10 heteroatoms. The zero-order valence-electron chi connectivity index (χ0n) is 28.1. The standard InChI is InChI=1S/C39H45ClN2O6S/c1-27-9-8-19-39(26-43,47-2)34-17-14-31(34)24-42-20-7-6-12-29-22-33(40)16-13-32(29)25-48-36-18-15-30(23-35(36)42)38(44)41-49(45,46)37(27)21-28-10-4-3-5-11-28/h3-5,8,10-11,13,15-16,18-19,22-23,26-27,31,34,37H,6-7,9,12,14,17,20-21,24-25H2,1-2H3,(H,41,44)/b19-8+/t27-,31-,34+,37+,39+/m0/s1. The molecule has 3 aromatic rings. The smallest absolute Gasteiger partial charge is 0.264 e. The first kappa shape index (κ1) is 35.2. The van der Waals surface area contributed by atoms with Gasteiger partial charge in [-0.3, -0.25) is 9.59 Å². The molecule has 5 atom stereocenters. The van der Waals surface area contributed by atoms with Crippen LogP contribution in [0.15, 0.2) is 78.9 Å². The molecule has 0 unspecified atom stereocenters. The van der Waals surface area contributed by atoms with E-state index in [9.17, 15) is 18.0 Å². The van der Waals surface area contributed by atoms with Gasteiger partial charge in [-0.15, -0.1) is 0 Å². The molecule has 1 N–H and O–H groups in total. The molecule has 0 radical (unpaired) electrons. The number of allylic oxidation sites excluding steroid dienone is 1. The van der Waals surface area contributed by atoms with Crippen LogP contribution in [0.5, 0.6) is 5.75 Å². The lowest BCUT2D eigenvalue weighted by Crippen LogP contribution is -2.52. The lowest BCUT2D eigenvalue weighted by atomic mass is 9.64. The molecule has 3 aliphatic rings. The van der Waals surface area contributed by atoms with Crippen molar-refractivity contribution in [2.45, 2.75) is 69.3 Å². The van der Waals surface area contributed by atoms with Crippen LogP contribution in [0.25, 0.3) is 0 Å². The van der Waals surface area contributed by atoms with Crippen molar-refractivity contribution < 1.29 is 27.5 Å². The van der Waals surface area contributed by atoms with E-state index >= 15 is 0 Å². The number of hydrogen-bond donors (Lipinski definition) is 1. The summed E-state index contributed by atoms with van der Waals surface area (Å²) in [5, 5.41) is -0.220. The average molecular weight is 705 g/mol. The summed E-state index contributed by atoms with van der Waals surface area (Å²) in [6, 6.07) is 20.4. The van der Waals surface area contributed by atoms with E-state index in [4.69, 9.17) is 21.1 Å². The number of amides is 1. The lowest BCUT2D eigenvalue weighted by Gasteiger charge is -2.47. The molecule has 260 valence electrons. The number of nitrogens with one attached hydrogen (secondary N) is 1. The topological polar surface area (TPSA) is 102 Å². The number of aryl methyl sites for hydroxylation is 1. The molecule has 3 aromatic carbocycles. The second kappa shape index (κ2) is 15.1. The molecule has 2 aliphatic heterocycles. The van der Waals surface area contributed by atoms with E-state index in [1.54, 1.807) is 25.3 Å². The Morgan fingerprint density at radius 2 is 1.88 bits per heavy atom. The van der Waals surface area contributed by atoms with E-state index in [1.165, 1.54) is 0 Å². The number of anilines is 1. The van der Waals surface area contributed by atoms with E-state index < -0.39 is 26.8 Å². The second-order valence-corrected chi connectivity index (χ2v) is 16.1. The summed E-state index contributed by atoms with van der Waals surface area (Å²) in [4.78, 5) is 28.9. The van der Waals surface area contributed by atoms with Crippen molar-refractivity contribution in [2.75, 3.05) is 25.1 Å². The highest BCUT2D eigenvalue weighted by atomic mass is 35.5. The molecule has 1 aliphatic carbocycles. The monoisotopic (exact) mass is 704 g/mol. The third-order valence-corrected chi connectivity index (χ3v) is 12.8. The molecule has 6 rings (SSSR count). The van der Waals surface area contributed by atoms with Crippen LogP contribution in [0.2, 0.25) is 5.02 Å². The first-order valence-electron chi connectivity index (χ1n) is 17.2. The van der Waals surface area contributed by atoms with Gasteiger partial charge >= 0.3 is 0 Å². The Labute approximate surface area is 294 Å². The van der Waals surface area contributed by atoms with Crippen LogP contribution in [-0.2, 0) is 39.0 Å². The molecule has 2 bridgehead atoms. The maximum absolute atomic E-state index is 14.0. The van der Waals surface area contributed by atoms with Crippen LogP contribution in [0.4, 0.5) is 5.69 Å². The maximum Gasteiger partial charge on any atom is 0.264 e. The van der Waals surface area contributed by atoms with Gasteiger partial charge in [0.1, 0.15) is 18.0 Å². The van der Waals surface area contributed by atoms with Gasteiger partial charge in [0.05, 0.1) is 10.9 Å². The van der Waals surface area contributed by atoms with Gasteiger partial charge in [-0.1, -0.05) is 61.0 Å². The van der Waals surface area contributed by atoms with Crippen molar-refractivity contribution in [3.05, 3.63) is 106 Å². The summed E-state index contributed by atoms with van der Waals surface area (Å²) in [6.45, 7) is 3.51. The van der Waals surface area contributed by atoms with Crippen LogP contribution in [0.1, 0.15) is 66.1 Å². The minimum atomic E-state index is -4.13. The number of carbonyl (C=O) groups is 2. The third-order valence-electron chi connectivity index (χ3n) is 10.7. The first-order valence-corrected chi connectivity index (χ1v) is 19.1. The fourth-order valence-corrected chi connectivity index (χ4v) is 9.46. The number of methoxy groups -OCH3 is 1. The molecular formula is C39H45ClN2O6S. The van der Waals surface area contributed by atoms with Gasteiger partial charge in [0.25, 0.3) is 5.91 Å². The molecule has 1 fully saturated rings. The van der Waals surface area contributed by atoms with Crippen LogP contribution < -0.4 is 14.4 Å². The van der Waals surface area contributed by atoms with E-state index in [1.807, 2.05) is 67.6 Å². The minimum Gasteiger partial charge on any atom is -0.487 e. The first-order chi connectivity index (χ1) is 23.6. The lowest BCUT2D eigenvalue weighted by molar-refractivity contribution is -0.135. The highest BCUT2D eigenvalue weighted by Gasteiger charge is 2.47. The molecule has 0 spiro atoms. The molecule has 1 saturated carbocycles. The SMILES string of the molecule is CO[C@@]1(C=O)/C=C/C[C@H](C)[C@@H](Cc2ccccc2)S(=O)(=O)NC(=O)c2ccc3c(c2)N(CCCCc2cc(Cl)ccc2CO3)C[C@@H]2CC[C@H]21. The Kier molecular flexibility index (Phi) is 10.8. The predicted molar refractivity (Wildman–Crippen MR) is 193 cm³/mol. The molecule has 8 nitrogen and oxygen atoms in total. The summed E-state index contributed by atoms with van der Waals surface area (Å²) < 4.78 is 42.9. The summed E-state index contributed by atoms with van der Waals surface area (Å²) >= 11 is 6.35. The average Bonchev–Trinajstić information content (AvgIpc) is 3.11. The summed E-state index contributed by atoms with van der Waals surface area (Å²) in [5.41, 5.74) is 2.88. The number of carbonyl (C=O) groups excluding carboxylic acids is 2. The van der Waals surface area contributed by atoms with Gasteiger partial charge in [0.15, 0.2) is 6.29 Å². The van der Waals surface area contributed by atoms with Crippen molar-refractivity contribution in [3.8, 4) is 5.75 Å². The Morgan fingerprint density at radius 1 is 1.06 bits per heavy atom. The van der Waals surface area contributed by atoms with Crippen LogP contribution in [-0.4, -0.2) is 51.7 Å². The summed E-state index contributed by atoms with van der Waals surface area (Å²) in [7, 11) is -2.56. The van der Waals surface area contributed by atoms with Crippen molar-refractivity contribution >= 4 is 39.5 Å². The zero-order chi connectivity index (χ0) is 34.6. The van der Waals surface area contributed by atoms with Crippen molar-refractivity contribution in [1.82, 2.24) is 4.72 Å². The van der Waals surface area contributed by atoms with Crippen LogP contribution >= 0.6 is 11.6 Å². The molecular weight excluding hydrogens is 660 g/mol. The van der Waals surface area contributed by atoms with Crippen LogP contribution in [0, 0.1) is 17.8 Å². The van der Waals surface area contributed by atoms with Gasteiger partial charge in [-0.05, 0) is 110 Å². The van der Waals surface area contributed by atoms with Crippen molar-refractivity contribution in [1.29, 1.82) is 0 Å². The van der Waals surface area contributed by atoms with Gasteiger partial charge in [-0.25, -0.2) is 13.1 Å². The van der Waals surface area contributed by atoms with Gasteiger partial charge in [0.2, 0.25) is 10.0 Å². The van der Waals surface area contributed by atoms with Crippen LogP contribution in [0.3, 0.4) is 0 Å². The van der Waals surface area contributed by atoms with E-state index in [2.05, 4.69) is 9.62 Å². The minimum absolute atomic E-state index is 0.0567. The summed E-state index contributed by atoms with van der Waals surface area (Å²) in [5.74, 6) is -0.354. The Morgan fingerprint density at radius 3 is 2.61 bits per heavy atom. The number of rotatable bonds is 4. The normalized spacial score (nSPS) is 27.9. The fraction of sp³-hybridized carbons (Fsp3) is 0.436. The van der Waals surface area contributed by atoms with E-state index in [0.717, 1.165) is 60.8 Å². The highest BCUT2D eigenvalue weighted by Crippen LogP contribution is 2.45. The number of nitrogens with zero attached hydrogens (tertiary/aromatic N) is 1. The largest absolute Gasteiger partial charge is 0.487 e. The van der Waals surface area contributed by atoms with Crippen molar-refractivity contribution in [3.63, 3.8) is 0 Å². The van der Waals surface area contributed by atoms with E-state index in [0.29, 0.717) is 36.9 Å². The molecule has 1 amide bonds. The third kappa shape index (κ3) is 7.74. The number of benzene rings is 3.